The number of hydrogen-bond donors (Lipinski definition) is 1. The monoisotopic (exact) mass is 246 g/mol. The summed E-state index contributed by atoms with van der Waals surface area (Å²) in [6, 6.07) is 9.60. The molecule has 1 aromatic carbocycles. The molecule has 0 radical (unpaired) electrons. The number of aryl methyl sites for hydroxylation is 1. The van der Waals surface area contributed by atoms with Crippen LogP contribution in [0, 0.1) is 0 Å². The second-order valence-corrected chi connectivity index (χ2v) is 4.14. The molecule has 1 N–H and O–H groups in total. The highest BCUT2D eigenvalue weighted by atomic mass is 16.5. The highest BCUT2D eigenvalue weighted by Crippen LogP contribution is 2.19. The summed E-state index contributed by atoms with van der Waals surface area (Å²) in [6.07, 6.45) is 1.77. The van der Waals surface area contributed by atoms with Gasteiger partial charge in [-0.2, -0.15) is 5.10 Å². The molecule has 1 aromatic heterocycles. The van der Waals surface area contributed by atoms with E-state index in [1.807, 2.05) is 41.9 Å². The van der Waals surface area contributed by atoms with Gasteiger partial charge < -0.3 is 9.84 Å². The first-order valence-corrected chi connectivity index (χ1v) is 6.07. The number of benzene rings is 1. The second kappa shape index (κ2) is 5.69. The molecule has 2 rings (SSSR count). The van der Waals surface area contributed by atoms with Crippen molar-refractivity contribution < 1.29 is 9.84 Å². The molecule has 1 atom stereocenters. The SMILES string of the molecule is CCn1nccc1C(O)Cc1ccc(OC)cc1. The van der Waals surface area contributed by atoms with Crippen LogP contribution in [-0.4, -0.2) is 22.0 Å². The highest BCUT2D eigenvalue weighted by molar-refractivity contribution is 5.28. The van der Waals surface area contributed by atoms with Crippen LogP contribution in [0.25, 0.3) is 0 Å². The van der Waals surface area contributed by atoms with E-state index in [1.165, 1.54) is 0 Å². The molecule has 0 aliphatic carbocycles. The summed E-state index contributed by atoms with van der Waals surface area (Å²) in [5.74, 6) is 0.826. The first-order chi connectivity index (χ1) is 8.74. The van der Waals surface area contributed by atoms with Crippen molar-refractivity contribution in [3.8, 4) is 5.75 Å². The van der Waals surface area contributed by atoms with Crippen LogP contribution in [0.1, 0.15) is 24.3 Å². The fourth-order valence-electron chi connectivity index (χ4n) is 1.98. The Morgan fingerprint density at radius 1 is 1.28 bits per heavy atom. The second-order valence-electron chi connectivity index (χ2n) is 4.14. The number of aliphatic hydroxyl groups excluding tert-OH is 1. The topological polar surface area (TPSA) is 47.3 Å². The number of rotatable bonds is 5. The van der Waals surface area contributed by atoms with Crippen LogP contribution >= 0.6 is 0 Å². The van der Waals surface area contributed by atoms with Gasteiger partial charge in [-0.15, -0.1) is 0 Å². The molecule has 1 unspecified atom stereocenters. The van der Waals surface area contributed by atoms with Crippen LogP contribution in [0.15, 0.2) is 36.5 Å². The number of aliphatic hydroxyl groups is 1. The summed E-state index contributed by atoms with van der Waals surface area (Å²) in [5, 5.41) is 14.4. The Kier molecular flexibility index (Phi) is 3.99. The summed E-state index contributed by atoms with van der Waals surface area (Å²) in [4.78, 5) is 0. The van der Waals surface area contributed by atoms with E-state index in [2.05, 4.69) is 5.10 Å². The molecule has 4 heteroatoms. The van der Waals surface area contributed by atoms with Crippen LogP contribution < -0.4 is 4.74 Å². The largest absolute Gasteiger partial charge is 0.497 e. The molecule has 0 aliphatic rings. The van der Waals surface area contributed by atoms with Crippen LogP contribution in [-0.2, 0) is 13.0 Å². The van der Waals surface area contributed by atoms with Gasteiger partial charge in [0.05, 0.1) is 18.9 Å². The number of ether oxygens (including phenoxy) is 1. The van der Waals surface area contributed by atoms with E-state index in [0.29, 0.717) is 6.42 Å². The molecule has 0 spiro atoms. The van der Waals surface area contributed by atoms with E-state index in [4.69, 9.17) is 4.74 Å². The fourth-order valence-corrected chi connectivity index (χ4v) is 1.98. The van der Waals surface area contributed by atoms with Crippen molar-refractivity contribution >= 4 is 0 Å². The van der Waals surface area contributed by atoms with Gasteiger partial charge in [-0.25, -0.2) is 0 Å². The van der Waals surface area contributed by atoms with Gasteiger partial charge in [-0.05, 0) is 30.7 Å². The summed E-state index contributed by atoms with van der Waals surface area (Å²) >= 11 is 0. The molecular formula is C14H18N2O2. The van der Waals surface area contributed by atoms with Gasteiger partial charge >= 0.3 is 0 Å². The third-order valence-corrected chi connectivity index (χ3v) is 2.98. The van der Waals surface area contributed by atoms with Crippen molar-refractivity contribution in [1.29, 1.82) is 0 Å². The Balaban J connectivity index is 2.08. The fraction of sp³-hybridized carbons (Fsp3) is 0.357. The zero-order valence-corrected chi connectivity index (χ0v) is 10.7. The molecule has 0 saturated carbocycles. The lowest BCUT2D eigenvalue weighted by Crippen LogP contribution is -2.10. The minimum absolute atomic E-state index is 0.527. The minimum Gasteiger partial charge on any atom is -0.497 e. The quantitative estimate of drug-likeness (QED) is 0.879. The molecule has 4 nitrogen and oxygen atoms in total. The van der Waals surface area contributed by atoms with E-state index >= 15 is 0 Å². The third kappa shape index (κ3) is 2.71. The van der Waals surface area contributed by atoms with Crippen molar-refractivity contribution in [3.05, 3.63) is 47.8 Å². The average Bonchev–Trinajstić information content (AvgIpc) is 2.88. The maximum absolute atomic E-state index is 10.2. The Morgan fingerprint density at radius 2 is 2.00 bits per heavy atom. The van der Waals surface area contributed by atoms with Gasteiger partial charge in [0.25, 0.3) is 0 Å². The van der Waals surface area contributed by atoms with Crippen molar-refractivity contribution in [3.63, 3.8) is 0 Å². The summed E-state index contributed by atoms with van der Waals surface area (Å²) in [6.45, 7) is 2.78. The van der Waals surface area contributed by atoms with Crippen LogP contribution in [0.4, 0.5) is 0 Å². The van der Waals surface area contributed by atoms with Crippen molar-refractivity contribution in [2.75, 3.05) is 7.11 Å². The maximum Gasteiger partial charge on any atom is 0.118 e. The Hall–Kier alpha value is -1.81. The van der Waals surface area contributed by atoms with Gasteiger partial charge in [-0.1, -0.05) is 12.1 Å². The lowest BCUT2D eigenvalue weighted by Gasteiger charge is -2.12. The van der Waals surface area contributed by atoms with Gasteiger partial charge in [-0.3, -0.25) is 4.68 Å². The van der Waals surface area contributed by atoms with Crippen molar-refractivity contribution in [1.82, 2.24) is 9.78 Å². The lowest BCUT2D eigenvalue weighted by molar-refractivity contribution is 0.167. The number of methoxy groups -OCH3 is 1. The summed E-state index contributed by atoms with van der Waals surface area (Å²) in [5.41, 5.74) is 1.93. The maximum atomic E-state index is 10.2. The first kappa shape index (κ1) is 12.6. The normalized spacial score (nSPS) is 12.4. The predicted octanol–water partition coefficient (Wildman–Crippen LogP) is 2.19. The first-order valence-electron chi connectivity index (χ1n) is 6.07. The van der Waals surface area contributed by atoms with Gasteiger partial charge in [0, 0.05) is 19.2 Å². The molecule has 18 heavy (non-hydrogen) atoms. The molecule has 0 aliphatic heterocycles. The number of nitrogens with zero attached hydrogens (tertiary/aromatic N) is 2. The smallest absolute Gasteiger partial charge is 0.118 e. The highest BCUT2D eigenvalue weighted by Gasteiger charge is 2.13. The van der Waals surface area contributed by atoms with Gasteiger partial charge in [0.2, 0.25) is 0 Å². The molecule has 0 bridgehead atoms. The van der Waals surface area contributed by atoms with E-state index in [1.54, 1.807) is 13.3 Å². The predicted molar refractivity (Wildman–Crippen MR) is 69.6 cm³/mol. The third-order valence-electron chi connectivity index (χ3n) is 2.98. The molecule has 1 heterocycles. The molecule has 0 fully saturated rings. The van der Waals surface area contributed by atoms with Crippen molar-refractivity contribution in [2.45, 2.75) is 26.0 Å². The van der Waals surface area contributed by atoms with E-state index in [9.17, 15) is 5.11 Å². The van der Waals surface area contributed by atoms with Gasteiger partial charge in [0.15, 0.2) is 0 Å². The molecule has 0 saturated heterocycles. The van der Waals surface area contributed by atoms with Crippen molar-refractivity contribution in [2.24, 2.45) is 0 Å². The standard InChI is InChI=1S/C14H18N2O2/c1-3-16-13(8-9-15-16)14(17)10-11-4-6-12(18-2)7-5-11/h4-9,14,17H,3,10H2,1-2H3. The molecule has 2 aromatic rings. The summed E-state index contributed by atoms with van der Waals surface area (Å²) in [7, 11) is 1.64. The Morgan fingerprint density at radius 3 is 2.61 bits per heavy atom. The van der Waals surface area contributed by atoms with E-state index < -0.39 is 6.10 Å². The molecule has 96 valence electrons. The minimum atomic E-state index is -0.527. The zero-order chi connectivity index (χ0) is 13.0. The van der Waals surface area contributed by atoms with Crippen LogP contribution in [0.2, 0.25) is 0 Å². The molecule has 0 amide bonds. The van der Waals surface area contributed by atoms with E-state index in [0.717, 1.165) is 23.6 Å². The Labute approximate surface area is 107 Å². The number of aromatic nitrogens is 2. The summed E-state index contributed by atoms with van der Waals surface area (Å²) < 4.78 is 6.92. The van der Waals surface area contributed by atoms with Crippen LogP contribution in [0.5, 0.6) is 5.75 Å². The number of hydrogen-bond acceptors (Lipinski definition) is 3. The Bertz CT molecular complexity index is 491. The van der Waals surface area contributed by atoms with Gasteiger partial charge in [0.1, 0.15) is 5.75 Å². The molecular weight excluding hydrogens is 228 g/mol. The zero-order valence-electron chi connectivity index (χ0n) is 10.7. The van der Waals surface area contributed by atoms with E-state index in [-0.39, 0.29) is 0 Å². The lowest BCUT2D eigenvalue weighted by atomic mass is 10.1. The van der Waals surface area contributed by atoms with Crippen LogP contribution in [0.3, 0.4) is 0 Å². The average molecular weight is 246 g/mol.